The topological polar surface area (TPSA) is 53.5 Å². The van der Waals surface area contributed by atoms with Crippen LogP contribution >= 0.6 is 0 Å². The van der Waals surface area contributed by atoms with Crippen molar-refractivity contribution in [3.05, 3.63) is 51.5 Å². The molecule has 0 unspecified atom stereocenters. The van der Waals surface area contributed by atoms with E-state index in [1.807, 2.05) is 0 Å². The molecule has 2 aliphatic heterocycles. The predicted molar refractivity (Wildman–Crippen MR) is 147 cm³/mol. The van der Waals surface area contributed by atoms with Crippen molar-refractivity contribution < 1.29 is 4.74 Å². The van der Waals surface area contributed by atoms with Crippen LogP contribution < -0.4 is 25.7 Å². The molecule has 2 aliphatic rings. The molecular formula is C29H41N5O. The quantitative estimate of drug-likeness (QED) is 0.663. The van der Waals surface area contributed by atoms with E-state index in [1.54, 1.807) is 0 Å². The average molecular weight is 476 g/mol. The van der Waals surface area contributed by atoms with Crippen molar-refractivity contribution in [1.29, 1.82) is 0 Å². The first-order valence-corrected chi connectivity index (χ1v) is 13.1. The molecule has 0 radical (unpaired) electrons. The highest BCUT2D eigenvalue weighted by Gasteiger charge is 2.22. The van der Waals surface area contributed by atoms with E-state index in [9.17, 15) is 0 Å². The summed E-state index contributed by atoms with van der Waals surface area (Å²) in [6, 6.07) is 6.72. The van der Waals surface area contributed by atoms with Crippen LogP contribution in [0.15, 0.2) is 24.3 Å². The summed E-state index contributed by atoms with van der Waals surface area (Å²) in [4.78, 5) is 14.6. The van der Waals surface area contributed by atoms with E-state index in [1.165, 1.54) is 41.5 Å². The molecule has 35 heavy (non-hydrogen) atoms. The van der Waals surface area contributed by atoms with Gasteiger partial charge in [-0.2, -0.15) is 4.98 Å². The number of morpholine rings is 1. The lowest BCUT2D eigenvalue weighted by molar-refractivity contribution is 0.0526. The number of rotatable bonds is 7. The lowest BCUT2D eigenvalue weighted by atomic mass is 10.00. The second kappa shape index (κ2) is 11.8. The summed E-state index contributed by atoms with van der Waals surface area (Å²) in [6.45, 7) is 19.2. The van der Waals surface area contributed by atoms with Gasteiger partial charge < -0.3 is 19.9 Å². The van der Waals surface area contributed by atoms with Gasteiger partial charge in [0.15, 0.2) is 0 Å². The minimum absolute atomic E-state index is 0.183. The molecule has 3 heterocycles. The van der Waals surface area contributed by atoms with Crippen molar-refractivity contribution >= 4 is 30.0 Å². The van der Waals surface area contributed by atoms with Crippen molar-refractivity contribution in [2.24, 2.45) is 0 Å². The molecule has 1 aromatic carbocycles. The van der Waals surface area contributed by atoms with Gasteiger partial charge in [0.05, 0.1) is 18.1 Å². The molecule has 1 aromatic heterocycles. The van der Waals surface area contributed by atoms with Crippen LogP contribution in [0, 0.1) is 6.92 Å². The molecule has 0 amide bonds. The van der Waals surface area contributed by atoms with E-state index >= 15 is 0 Å². The fraction of sp³-hybridized carbons (Fsp3) is 0.517. The van der Waals surface area contributed by atoms with E-state index in [4.69, 9.17) is 14.7 Å². The van der Waals surface area contributed by atoms with Crippen LogP contribution in [0.1, 0.15) is 56.7 Å². The fourth-order valence-electron chi connectivity index (χ4n) is 4.82. The second-order valence-corrected chi connectivity index (χ2v) is 9.82. The first-order valence-electron chi connectivity index (χ1n) is 13.1. The van der Waals surface area contributed by atoms with Gasteiger partial charge in [-0.1, -0.05) is 31.7 Å². The molecule has 2 aromatic rings. The van der Waals surface area contributed by atoms with Gasteiger partial charge in [-0.25, -0.2) is 4.98 Å². The van der Waals surface area contributed by atoms with Gasteiger partial charge in [-0.05, 0) is 81.0 Å². The molecular weight excluding hydrogens is 434 g/mol. The molecule has 188 valence electrons. The minimum atomic E-state index is 0.183. The second-order valence-electron chi connectivity index (χ2n) is 9.82. The Morgan fingerprint density at radius 3 is 2.71 bits per heavy atom. The third-order valence-corrected chi connectivity index (χ3v) is 7.04. The minimum Gasteiger partial charge on any atom is -0.375 e. The van der Waals surface area contributed by atoms with Crippen LogP contribution in [0.25, 0.3) is 18.2 Å². The van der Waals surface area contributed by atoms with Gasteiger partial charge in [0, 0.05) is 37.9 Å². The summed E-state index contributed by atoms with van der Waals surface area (Å²) < 4.78 is 5.73. The highest BCUT2D eigenvalue weighted by molar-refractivity contribution is 5.71. The molecule has 0 spiro atoms. The number of allylic oxidation sites excluding steroid dienone is 2. The van der Waals surface area contributed by atoms with Crippen LogP contribution in [-0.2, 0) is 11.3 Å². The first kappa shape index (κ1) is 25.4. The van der Waals surface area contributed by atoms with E-state index in [-0.39, 0.29) is 6.10 Å². The number of nitrogens with zero attached hydrogens (tertiary/aromatic N) is 4. The number of hydrogen-bond acceptors (Lipinski definition) is 6. The largest absolute Gasteiger partial charge is 0.375 e. The van der Waals surface area contributed by atoms with Crippen LogP contribution in [-0.4, -0.2) is 55.4 Å². The summed E-state index contributed by atoms with van der Waals surface area (Å²) in [5, 5.41) is 5.26. The highest BCUT2D eigenvalue weighted by Crippen LogP contribution is 2.20. The SMILES string of the molecule is C=c1nc(N2CCO[C@@H](C)C2)nc(N2CCCCC2)/c1=C/C=C(\C)c1ccc(C)c(CNCC)c1. The number of nitrogens with one attached hydrogen (secondary N) is 1. The van der Waals surface area contributed by atoms with E-state index < -0.39 is 0 Å². The van der Waals surface area contributed by atoms with Crippen molar-refractivity contribution in [3.8, 4) is 0 Å². The van der Waals surface area contributed by atoms with Gasteiger partial charge in [0.1, 0.15) is 5.82 Å². The molecule has 6 heteroatoms. The predicted octanol–water partition coefficient (Wildman–Crippen LogP) is 3.40. The van der Waals surface area contributed by atoms with Crippen molar-refractivity contribution in [2.45, 2.75) is 59.6 Å². The normalized spacial score (nSPS) is 19.9. The number of aryl methyl sites for hydroxylation is 1. The van der Waals surface area contributed by atoms with Crippen molar-refractivity contribution in [2.75, 3.05) is 49.1 Å². The Morgan fingerprint density at radius 1 is 1.17 bits per heavy atom. The maximum atomic E-state index is 5.73. The maximum Gasteiger partial charge on any atom is 0.228 e. The Hall–Kier alpha value is -2.70. The molecule has 1 N–H and O–H groups in total. The zero-order valence-electron chi connectivity index (χ0n) is 21.9. The van der Waals surface area contributed by atoms with Crippen molar-refractivity contribution in [3.63, 3.8) is 0 Å². The number of hydrogen-bond donors (Lipinski definition) is 1. The number of ether oxygens (including phenoxy) is 1. The summed E-state index contributed by atoms with van der Waals surface area (Å²) in [5.74, 6) is 1.79. The molecule has 2 saturated heterocycles. The van der Waals surface area contributed by atoms with Gasteiger partial charge in [-0.15, -0.1) is 0 Å². The Labute approximate surface area is 210 Å². The molecule has 1 atom stereocenters. The number of aromatic nitrogens is 2. The molecule has 0 aliphatic carbocycles. The third-order valence-electron chi connectivity index (χ3n) is 7.04. The molecule has 4 rings (SSSR count). The van der Waals surface area contributed by atoms with E-state index in [0.717, 1.165) is 61.6 Å². The molecule has 6 nitrogen and oxygen atoms in total. The Morgan fingerprint density at radius 2 is 1.97 bits per heavy atom. The summed E-state index contributed by atoms with van der Waals surface area (Å²) in [6.07, 6.45) is 8.23. The zero-order valence-corrected chi connectivity index (χ0v) is 21.9. The fourth-order valence-corrected chi connectivity index (χ4v) is 4.82. The number of benzene rings is 1. The van der Waals surface area contributed by atoms with Crippen LogP contribution in [0.3, 0.4) is 0 Å². The maximum absolute atomic E-state index is 5.73. The lowest BCUT2D eigenvalue weighted by Crippen LogP contribution is -2.45. The van der Waals surface area contributed by atoms with Crippen molar-refractivity contribution in [1.82, 2.24) is 15.3 Å². The highest BCUT2D eigenvalue weighted by atomic mass is 16.5. The molecule has 0 saturated carbocycles. The number of piperidine rings is 1. The number of anilines is 2. The Balaban J connectivity index is 1.71. The Kier molecular flexibility index (Phi) is 8.58. The zero-order chi connectivity index (χ0) is 24.8. The smallest absolute Gasteiger partial charge is 0.228 e. The molecule has 2 fully saturated rings. The van der Waals surface area contributed by atoms with Gasteiger partial charge >= 0.3 is 0 Å². The lowest BCUT2D eigenvalue weighted by Gasteiger charge is -2.33. The van der Waals surface area contributed by atoms with Gasteiger partial charge in [0.2, 0.25) is 5.95 Å². The van der Waals surface area contributed by atoms with Gasteiger partial charge in [0.25, 0.3) is 0 Å². The van der Waals surface area contributed by atoms with E-state index in [2.05, 4.69) is 79.7 Å². The summed E-state index contributed by atoms with van der Waals surface area (Å²) >= 11 is 0. The van der Waals surface area contributed by atoms with Crippen LogP contribution in [0.5, 0.6) is 0 Å². The molecule has 0 bridgehead atoms. The first-order chi connectivity index (χ1) is 17.0. The summed E-state index contributed by atoms with van der Waals surface area (Å²) in [7, 11) is 0. The average Bonchev–Trinajstić information content (AvgIpc) is 2.87. The van der Waals surface area contributed by atoms with E-state index in [0.29, 0.717) is 6.61 Å². The Bertz CT molecular complexity index is 1150. The van der Waals surface area contributed by atoms with Crippen LogP contribution in [0.2, 0.25) is 0 Å². The monoisotopic (exact) mass is 475 g/mol. The van der Waals surface area contributed by atoms with Gasteiger partial charge in [-0.3, -0.25) is 0 Å². The standard InChI is InChI=1S/C29H41N5O/c1-6-30-19-26-18-25(12-10-22(26)3)21(2)11-13-27-24(5)31-29(34-16-17-35-23(4)20-34)32-28(27)33-14-8-7-9-15-33/h10-13,18,23,30H,5-9,14-17,19-20H2,1-4H3/b21-11+,27-13+/t23-/m0/s1. The third kappa shape index (κ3) is 6.30. The summed E-state index contributed by atoms with van der Waals surface area (Å²) in [5.41, 5.74) is 5.12. The van der Waals surface area contributed by atoms with Crippen LogP contribution in [0.4, 0.5) is 11.8 Å².